The predicted molar refractivity (Wildman–Crippen MR) is 97.7 cm³/mol. The number of amides is 1. The number of hydrogen-bond donors (Lipinski definition) is 2. The first kappa shape index (κ1) is 17.5. The number of nitrogens with one attached hydrogen (secondary N) is 2. The Morgan fingerprint density at radius 3 is 2.15 bits per heavy atom. The van der Waals surface area contributed by atoms with Crippen LogP contribution in [0.25, 0.3) is 0 Å². The minimum atomic E-state index is -0.938. The summed E-state index contributed by atoms with van der Waals surface area (Å²) in [5.74, 6) is -2.17. The van der Waals surface area contributed by atoms with Crippen LogP contribution in [0.15, 0.2) is 54.7 Å². The van der Waals surface area contributed by atoms with Crippen molar-refractivity contribution in [3.63, 3.8) is 0 Å². The highest BCUT2D eigenvalue weighted by atomic mass is 19.2. The monoisotopic (exact) mass is 353 g/mol. The summed E-state index contributed by atoms with van der Waals surface area (Å²) in [4.78, 5) is 16.4. The Bertz CT molecular complexity index is 936. The van der Waals surface area contributed by atoms with Gasteiger partial charge in [-0.2, -0.15) is 0 Å². The number of aryl methyl sites for hydroxylation is 2. The zero-order chi connectivity index (χ0) is 18.7. The van der Waals surface area contributed by atoms with Crippen molar-refractivity contribution in [3.05, 3.63) is 83.2 Å². The molecule has 0 unspecified atom stereocenters. The number of carbonyl (C=O) groups excluding carboxylic acids is 1. The lowest BCUT2D eigenvalue weighted by molar-refractivity contribution is 0.102. The average molecular weight is 353 g/mol. The van der Waals surface area contributed by atoms with Crippen molar-refractivity contribution >= 4 is 23.0 Å². The quantitative estimate of drug-likeness (QED) is 0.696. The van der Waals surface area contributed by atoms with E-state index in [0.717, 1.165) is 23.3 Å². The molecular weight excluding hydrogens is 336 g/mol. The lowest BCUT2D eigenvalue weighted by Crippen LogP contribution is -2.13. The van der Waals surface area contributed by atoms with E-state index in [1.165, 1.54) is 12.3 Å². The molecule has 2 aromatic carbocycles. The van der Waals surface area contributed by atoms with Crippen LogP contribution in [0.3, 0.4) is 0 Å². The van der Waals surface area contributed by atoms with E-state index < -0.39 is 11.6 Å². The molecule has 3 rings (SSSR count). The molecule has 26 heavy (non-hydrogen) atoms. The Kier molecular flexibility index (Phi) is 4.93. The summed E-state index contributed by atoms with van der Waals surface area (Å²) in [5, 5.41) is 5.71. The molecule has 0 bridgehead atoms. The first-order valence-corrected chi connectivity index (χ1v) is 7.98. The maximum Gasteiger partial charge on any atom is 0.274 e. The van der Waals surface area contributed by atoms with E-state index in [0.29, 0.717) is 17.1 Å². The summed E-state index contributed by atoms with van der Waals surface area (Å²) in [5.41, 5.74) is 4.01. The van der Waals surface area contributed by atoms with Gasteiger partial charge in [-0.1, -0.05) is 6.07 Å². The fourth-order valence-corrected chi connectivity index (χ4v) is 2.58. The zero-order valence-electron chi connectivity index (χ0n) is 14.3. The predicted octanol–water partition coefficient (Wildman–Crippen LogP) is 4.97. The van der Waals surface area contributed by atoms with Crippen molar-refractivity contribution in [2.45, 2.75) is 13.8 Å². The van der Waals surface area contributed by atoms with Gasteiger partial charge in [-0.25, -0.2) is 13.8 Å². The number of carbonyl (C=O) groups is 1. The summed E-state index contributed by atoms with van der Waals surface area (Å²) in [7, 11) is 0. The highest BCUT2D eigenvalue weighted by Crippen LogP contribution is 2.19. The number of hydrogen-bond acceptors (Lipinski definition) is 3. The second-order valence-corrected chi connectivity index (χ2v) is 6.02. The summed E-state index contributed by atoms with van der Waals surface area (Å²) >= 11 is 0. The Morgan fingerprint density at radius 1 is 0.846 bits per heavy atom. The second-order valence-electron chi connectivity index (χ2n) is 6.02. The first-order valence-electron chi connectivity index (χ1n) is 7.98. The SMILES string of the molecule is Cc1cc(C)cc(NC(=O)c2ccc(Nc3ccc(F)c(F)c3)cn2)c1. The van der Waals surface area contributed by atoms with Gasteiger partial charge in [0.05, 0.1) is 11.9 Å². The van der Waals surface area contributed by atoms with Crippen molar-refractivity contribution in [2.75, 3.05) is 10.6 Å². The van der Waals surface area contributed by atoms with E-state index in [1.54, 1.807) is 12.1 Å². The Balaban J connectivity index is 1.70. The number of nitrogens with zero attached hydrogens (tertiary/aromatic N) is 1. The zero-order valence-corrected chi connectivity index (χ0v) is 14.3. The summed E-state index contributed by atoms with van der Waals surface area (Å²) < 4.78 is 26.2. The molecule has 0 atom stereocenters. The number of benzene rings is 2. The minimum Gasteiger partial charge on any atom is -0.354 e. The maximum absolute atomic E-state index is 13.2. The van der Waals surface area contributed by atoms with Crippen molar-refractivity contribution < 1.29 is 13.6 Å². The van der Waals surface area contributed by atoms with Crippen LogP contribution in [0.4, 0.5) is 25.8 Å². The molecule has 1 heterocycles. The number of halogens is 2. The van der Waals surface area contributed by atoms with Gasteiger partial charge in [-0.05, 0) is 61.4 Å². The molecule has 3 aromatic rings. The smallest absolute Gasteiger partial charge is 0.274 e. The van der Waals surface area contributed by atoms with E-state index in [4.69, 9.17) is 0 Å². The van der Waals surface area contributed by atoms with Crippen LogP contribution >= 0.6 is 0 Å². The standard InChI is InChI=1S/C20H17F2N3O/c1-12-7-13(2)9-16(8-12)25-20(26)19-6-4-15(11-23-19)24-14-3-5-17(21)18(22)10-14/h3-11,24H,1-2H3,(H,25,26). The van der Waals surface area contributed by atoms with Crippen LogP contribution in [0, 0.1) is 25.5 Å². The van der Waals surface area contributed by atoms with Crippen LogP contribution < -0.4 is 10.6 Å². The molecule has 0 spiro atoms. The normalized spacial score (nSPS) is 10.5. The lowest BCUT2D eigenvalue weighted by atomic mass is 10.1. The average Bonchev–Trinajstić information content (AvgIpc) is 2.58. The topological polar surface area (TPSA) is 54.0 Å². The van der Waals surface area contributed by atoms with Crippen LogP contribution in [0.2, 0.25) is 0 Å². The van der Waals surface area contributed by atoms with Crippen LogP contribution in [-0.2, 0) is 0 Å². The Hall–Kier alpha value is -3.28. The van der Waals surface area contributed by atoms with E-state index in [2.05, 4.69) is 15.6 Å². The summed E-state index contributed by atoms with van der Waals surface area (Å²) in [6, 6.07) is 12.5. The van der Waals surface area contributed by atoms with E-state index in [9.17, 15) is 13.6 Å². The third kappa shape index (κ3) is 4.22. The van der Waals surface area contributed by atoms with Gasteiger partial charge in [0.15, 0.2) is 11.6 Å². The molecular formula is C20H17F2N3O. The molecule has 2 N–H and O–H groups in total. The van der Waals surface area contributed by atoms with Crippen LogP contribution in [0.5, 0.6) is 0 Å². The molecule has 0 radical (unpaired) electrons. The van der Waals surface area contributed by atoms with Crippen molar-refractivity contribution in [3.8, 4) is 0 Å². The van der Waals surface area contributed by atoms with E-state index >= 15 is 0 Å². The van der Waals surface area contributed by atoms with Crippen LogP contribution in [-0.4, -0.2) is 10.9 Å². The fraction of sp³-hybridized carbons (Fsp3) is 0.100. The Morgan fingerprint density at radius 2 is 1.54 bits per heavy atom. The number of rotatable bonds is 4. The molecule has 0 aliphatic carbocycles. The van der Waals surface area contributed by atoms with Gasteiger partial charge in [-0.15, -0.1) is 0 Å². The molecule has 0 saturated carbocycles. The molecule has 0 fully saturated rings. The molecule has 0 aliphatic rings. The van der Waals surface area contributed by atoms with Crippen molar-refractivity contribution in [2.24, 2.45) is 0 Å². The molecule has 4 nitrogen and oxygen atoms in total. The third-order valence-electron chi connectivity index (χ3n) is 3.68. The summed E-state index contributed by atoms with van der Waals surface area (Å²) in [6.07, 6.45) is 1.46. The largest absolute Gasteiger partial charge is 0.354 e. The number of pyridine rings is 1. The molecule has 0 aliphatic heterocycles. The van der Waals surface area contributed by atoms with E-state index in [-0.39, 0.29) is 11.6 Å². The van der Waals surface area contributed by atoms with Gasteiger partial charge in [-0.3, -0.25) is 4.79 Å². The van der Waals surface area contributed by atoms with Gasteiger partial charge < -0.3 is 10.6 Å². The van der Waals surface area contributed by atoms with Crippen molar-refractivity contribution in [1.29, 1.82) is 0 Å². The highest BCUT2D eigenvalue weighted by Gasteiger charge is 2.09. The van der Waals surface area contributed by atoms with Gasteiger partial charge >= 0.3 is 0 Å². The van der Waals surface area contributed by atoms with Gasteiger partial charge in [0, 0.05) is 17.4 Å². The van der Waals surface area contributed by atoms with Crippen molar-refractivity contribution in [1.82, 2.24) is 4.98 Å². The first-order chi connectivity index (χ1) is 12.4. The highest BCUT2D eigenvalue weighted by molar-refractivity contribution is 6.03. The molecule has 6 heteroatoms. The molecule has 132 valence electrons. The molecule has 1 aromatic heterocycles. The Labute approximate surface area is 149 Å². The van der Waals surface area contributed by atoms with Gasteiger partial charge in [0.1, 0.15) is 5.69 Å². The summed E-state index contributed by atoms with van der Waals surface area (Å²) in [6.45, 7) is 3.92. The third-order valence-corrected chi connectivity index (χ3v) is 3.68. The fourth-order valence-electron chi connectivity index (χ4n) is 2.58. The molecule has 1 amide bonds. The number of anilines is 3. The maximum atomic E-state index is 13.2. The van der Waals surface area contributed by atoms with Gasteiger partial charge in [0.2, 0.25) is 0 Å². The lowest BCUT2D eigenvalue weighted by Gasteiger charge is -2.09. The van der Waals surface area contributed by atoms with E-state index in [1.807, 2.05) is 32.0 Å². The minimum absolute atomic E-state index is 0.250. The van der Waals surface area contributed by atoms with Gasteiger partial charge in [0.25, 0.3) is 5.91 Å². The van der Waals surface area contributed by atoms with Crippen LogP contribution in [0.1, 0.15) is 21.6 Å². The second kappa shape index (κ2) is 7.31. The molecule has 0 saturated heterocycles. The number of aromatic nitrogens is 1.